The zero-order valence-electron chi connectivity index (χ0n) is 11.6. The van der Waals surface area contributed by atoms with Gasteiger partial charge in [-0.3, -0.25) is 0 Å². The van der Waals surface area contributed by atoms with E-state index in [4.69, 9.17) is 0 Å². The van der Waals surface area contributed by atoms with Gasteiger partial charge in [-0.25, -0.2) is 4.98 Å². The molecule has 1 aliphatic carbocycles. The quantitative estimate of drug-likeness (QED) is 0.889. The van der Waals surface area contributed by atoms with Gasteiger partial charge >= 0.3 is 0 Å². The van der Waals surface area contributed by atoms with Crippen LogP contribution in [-0.2, 0) is 13.6 Å². The van der Waals surface area contributed by atoms with E-state index in [9.17, 15) is 0 Å². The summed E-state index contributed by atoms with van der Waals surface area (Å²) >= 11 is 0. The molecule has 1 aromatic carbocycles. The van der Waals surface area contributed by atoms with Gasteiger partial charge in [0, 0.05) is 25.5 Å². The molecule has 0 aliphatic heterocycles. The summed E-state index contributed by atoms with van der Waals surface area (Å²) in [4.78, 5) is 4.34. The number of hydrogen-bond acceptors (Lipinski definition) is 2. The van der Waals surface area contributed by atoms with Crippen molar-refractivity contribution in [1.29, 1.82) is 0 Å². The van der Waals surface area contributed by atoms with Crippen LogP contribution in [0.25, 0.3) is 0 Å². The van der Waals surface area contributed by atoms with E-state index in [-0.39, 0.29) is 0 Å². The fourth-order valence-corrected chi connectivity index (χ4v) is 2.43. The van der Waals surface area contributed by atoms with Gasteiger partial charge in [-0.05, 0) is 36.8 Å². The first kappa shape index (κ1) is 12.4. The summed E-state index contributed by atoms with van der Waals surface area (Å²) in [7, 11) is 2.03. The molecule has 2 aromatic rings. The van der Waals surface area contributed by atoms with Crippen LogP contribution >= 0.6 is 0 Å². The third-order valence-corrected chi connectivity index (χ3v) is 3.95. The number of nitrogens with zero attached hydrogens (tertiary/aromatic N) is 2. The van der Waals surface area contributed by atoms with Gasteiger partial charge in [0.1, 0.15) is 5.82 Å². The van der Waals surface area contributed by atoms with Gasteiger partial charge in [-0.1, -0.05) is 24.3 Å². The Hall–Kier alpha value is -1.61. The van der Waals surface area contributed by atoms with Crippen LogP contribution in [0.1, 0.15) is 48.7 Å². The maximum atomic E-state index is 4.34. The van der Waals surface area contributed by atoms with E-state index in [0.717, 1.165) is 18.3 Å². The van der Waals surface area contributed by atoms with Crippen molar-refractivity contribution in [3.8, 4) is 0 Å². The lowest BCUT2D eigenvalue weighted by molar-refractivity contribution is 0.549. The zero-order valence-corrected chi connectivity index (χ0v) is 11.6. The molecule has 1 unspecified atom stereocenters. The standard InChI is InChI=1S/C16H21N3/c1-12(18-11-16-17-8-9-19(16)2)14-4-3-5-15(10-14)13-6-7-13/h3-5,8-10,12-13,18H,6-7,11H2,1-2H3. The van der Waals surface area contributed by atoms with Crippen LogP contribution in [0.4, 0.5) is 0 Å². The predicted octanol–water partition coefficient (Wildman–Crippen LogP) is 3.15. The Morgan fingerprint density at radius 1 is 1.42 bits per heavy atom. The van der Waals surface area contributed by atoms with Gasteiger partial charge in [0.15, 0.2) is 0 Å². The van der Waals surface area contributed by atoms with Crippen LogP contribution in [0.2, 0.25) is 0 Å². The van der Waals surface area contributed by atoms with Crippen molar-refractivity contribution in [3.05, 3.63) is 53.6 Å². The lowest BCUT2D eigenvalue weighted by atomic mass is 10.0. The summed E-state index contributed by atoms with van der Waals surface area (Å²) in [6.07, 6.45) is 6.54. The average molecular weight is 255 g/mol. The van der Waals surface area contributed by atoms with E-state index in [1.165, 1.54) is 24.0 Å². The predicted molar refractivity (Wildman–Crippen MR) is 76.9 cm³/mol. The Bertz CT molecular complexity index is 555. The lowest BCUT2D eigenvalue weighted by Gasteiger charge is -2.15. The maximum absolute atomic E-state index is 4.34. The Morgan fingerprint density at radius 3 is 2.95 bits per heavy atom. The number of aryl methyl sites for hydroxylation is 1. The third-order valence-electron chi connectivity index (χ3n) is 3.95. The number of aromatic nitrogens is 2. The van der Waals surface area contributed by atoms with Crippen molar-refractivity contribution < 1.29 is 0 Å². The first-order valence-corrected chi connectivity index (χ1v) is 7.03. The highest BCUT2D eigenvalue weighted by molar-refractivity contribution is 5.30. The molecule has 1 N–H and O–H groups in total. The van der Waals surface area contributed by atoms with Crippen LogP contribution in [0.15, 0.2) is 36.7 Å². The average Bonchev–Trinajstić information content (AvgIpc) is 3.20. The topological polar surface area (TPSA) is 29.9 Å². The minimum absolute atomic E-state index is 0.357. The number of nitrogens with one attached hydrogen (secondary N) is 1. The molecular weight excluding hydrogens is 234 g/mol. The van der Waals surface area contributed by atoms with Crippen LogP contribution < -0.4 is 5.32 Å². The van der Waals surface area contributed by atoms with Gasteiger partial charge in [0.2, 0.25) is 0 Å². The Labute approximate surface area is 114 Å². The van der Waals surface area contributed by atoms with Gasteiger partial charge < -0.3 is 9.88 Å². The molecule has 3 nitrogen and oxygen atoms in total. The highest BCUT2D eigenvalue weighted by Crippen LogP contribution is 2.40. The van der Waals surface area contributed by atoms with Gasteiger partial charge in [0.25, 0.3) is 0 Å². The van der Waals surface area contributed by atoms with Crippen molar-refractivity contribution in [2.75, 3.05) is 0 Å². The number of rotatable bonds is 5. The molecule has 100 valence electrons. The summed E-state index contributed by atoms with van der Waals surface area (Å²) in [5.41, 5.74) is 2.88. The number of imidazole rings is 1. The molecule has 0 radical (unpaired) electrons. The molecular formula is C16H21N3. The zero-order chi connectivity index (χ0) is 13.2. The second kappa shape index (κ2) is 5.17. The van der Waals surface area contributed by atoms with Crippen molar-refractivity contribution in [3.63, 3.8) is 0 Å². The Balaban J connectivity index is 1.64. The minimum Gasteiger partial charge on any atom is -0.337 e. The van der Waals surface area contributed by atoms with Crippen LogP contribution in [0.5, 0.6) is 0 Å². The van der Waals surface area contributed by atoms with Crippen molar-refractivity contribution >= 4 is 0 Å². The summed E-state index contributed by atoms with van der Waals surface area (Å²) in [6.45, 7) is 3.02. The fourth-order valence-electron chi connectivity index (χ4n) is 2.43. The molecule has 0 bridgehead atoms. The molecule has 1 atom stereocenters. The first-order chi connectivity index (χ1) is 9.24. The van der Waals surface area contributed by atoms with Gasteiger partial charge in [-0.2, -0.15) is 0 Å². The van der Waals surface area contributed by atoms with Gasteiger partial charge in [0.05, 0.1) is 6.54 Å². The van der Waals surface area contributed by atoms with Gasteiger partial charge in [-0.15, -0.1) is 0 Å². The second-order valence-electron chi connectivity index (χ2n) is 5.50. The minimum atomic E-state index is 0.357. The highest BCUT2D eigenvalue weighted by atomic mass is 15.1. The Kier molecular flexibility index (Phi) is 3.38. The molecule has 19 heavy (non-hydrogen) atoms. The Morgan fingerprint density at radius 2 is 2.26 bits per heavy atom. The highest BCUT2D eigenvalue weighted by Gasteiger charge is 2.23. The monoisotopic (exact) mass is 255 g/mol. The summed E-state index contributed by atoms with van der Waals surface area (Å²) in [5.74, 6) is 1.90. The fraction of sp³-hybridized carbons (Fsp3) is 0.438. The SMILES string of the molecule is CC(NCc1nccn1C)c1cccc(C2CC2)c1. The second-order valence-corrected chi connectivity index (χ2v) is 5.50. The van der Waals surface area contributed by atoms with E-state index in [2.05, 4.69) is 46.1 Å². The van der Waals surface area contributed by atoms with Crippen LogP contribution in [0.3, 0.4) is 0 Å². The van der Waals surface area contributed by atoms with E-state index < -0.39 is 0 Å². The smallest absolute Gasteiger partial charge is 0.122 e. The molecule has 0 saturated heterocycles. The van der Waals surface area contributed by atoms with E-state index in [0.29, 0.717) is 6.04 Å². The molecule has 1 aliphatic rings. The molecule has 1 aromatic heterocycles. The lowest BCUT2D eigenvalue weighted by Crippen LogP contribution is -2.20. The first-order valence-electron chi connectivity index (χ1n) is 7.03. The number of benzene rings is 1. The largest absolute Gasteiger partial charge is 0.337 e. The van der Waals surface area contributed by atoms with Crippen molar-refractivity contribution in [1.82, 2.24) is 14.9 Å². The summed E-state index contributed by atoms with van der Waals surface area (Å²) in [5, 5.41) is 3.55. The molecule has 1 fully saturated rings. The molecule has 1 saturated carbocycles. The van der Waals surface area contributed by atoms with Crippen molar-refractivity contribution in [2.45, 2.75) is 38.3 Å². The number of hydrogen-bond donors (Lipinski definition) is 1. The van der Waals surface area contributed by atoms with Crippen LogP contribution in [0, 0.1) is 0 Å². The van der Waals surface area contributed by atoms with Crippen molar-refractivity contribution in [2.24, 2.45) is 7.05 Å². The van der Waals surface area contributed by atoms with E-state index >= 15 is 0 Å². The van der Waals surface area contributed by atoms with E-state index in [1.54, 1.807) is 0 Å². The third kappa shape index (κ3) is 2.87. The van der Waals surface area contributed by atoms with E-state index in [1.807, 2.05) is 19.4 Å². The normalized spacial score (nSPS) is 16.5. The maximum Gasteiger partial charge on any atom is 0.122 e. The summed E-state index contributed by atoms with van der Waals surface area (Å²) in [6, 6.07) is 9.36. The molecule has 3 heteroatoms. The summed E-state index contributed by atoms with van der Waals surface area (Å²) < 4.78 is 2.06. The molecule has 0 spiro atoms. The molecule has 3 rings (SSSR count). The molecule has 1 heterocycles. The molecule has 0 amide bonds. The van der Waals surface area contributed by atoms with Crippen LogP contribution in [-0.4, -0.2) is 9.55 Å².